The summed E-state index contributed by atoms with van der Waals surface area (Å²) in [5, 5.41) is 9.91. The molecule has 0 aliphatic heterocycles. The van der Waals surface area contributed by atoms with E-state index in [0.717, 1.165) is 5.56 Å². The number of hydrogen-bond acceptors (Lipinski definition) is 5. The standard InChI is InChI=1S/C14H20O5/c1-5-19-14(16)13(15)9(2)10-6-7-11(17-3)12(8-10)18-4/h6-9,13,15H,5H2,1-4H3. The van der Waals surface area contributed by atoms with Crippen LogP contribution in [0, 0.1) is 0 Å². The minimum absolute atomic E-state index is 0.245. The average Bonchev–Trinajstić information content (AvgIpc) is 2.45. The summed E-state index contributed by atoms with van der Waals surface area (Å²) in [5.41, 5.74) is 0.776. The number of esters is 1. The lowest BCUT2D eigenvalue weighted by Crippen LogP contribution is -2.28. The van der Waals surface area contributed by atoms with Gasteiger partial charge in [-0.25, -0.2) is 4.79 Å². The van der Waals surface area contributed by atoms with Gasteiger partial charge in [0.05, 0.1) is 20.8 Å². The average molecular weight is 268 g/mol. The molecule has 1 aromatic rings. The maximum atomic E-state index is 11.5. The predicted molar refractivity (Wildman–Crippen MR) is 70.6 cm³/mol. The van der Waals surface area contributed by atoms with E-state index in [-0.39, 0.29) is 12.5 Å². The molecular weight excluding hydrogens is 248 g/mol. The molecule has 0 aromatic heterocycles. The Hall–Kier alpha value is -1.75. The van der Waals surface area contributed by atoms with Gasteiger partial charge in [-0.05, 0) is 24.6 Å². The molecule has 1 aromatic carbocycles. The van der Waals surface area contributed by atoms with Gasteiger partial charge >= 0.3 is 5.97 Å². The minimum atomic E-state index is -1.20. The first-order valence-corrected chi connectivity index (χ1v) is 6.11. The third kappa shape index (κ3) is 3.61. The van der Waals surface area contributed by atoms with Crippen LogP contribution >= 0.6 is 0 Å². The Balaban J connectivity index is 2.93. The van der Waals surface area contributed by atoms with Crippen molar-refractivity contribution in [1.29, 1.82) is 0 Å². The van der Waals surface area contributed by atoms with E-state index >= 15 is 0 Å². The van der Waals surface area contributed by atoms with Crippen molar-refractivity contribution in [3.8, 4) is 11.5 Å². The van der Waals surface area contributed by atoms with Crippen LogP contribution in [0.5, 0.6) is 11.5 Å². The van der Waals surface area contributed by atoms with Gasteiger partial charge in [-0.15, -0.1) is 0 Å². The molecule has 0 fully saturated rings. The molecule has 19 heavy (non-hydrogen) atoms. The van der Waals surface area contributed by atoms with E-state index in [1.54, 1.807) is 39.2 Å². The number of rotatable bonds is 6. The molecule has 0 spiro atoms. The highest BCUT2D eigenvalue weighted by Gasteiger charge is 2.25. The van der Waals surface area contributed by atoms with Crippen LogP contribution in [0.2, 0.25) is 0 Å². The van der Waals surface area contributed by atoms with E-state index < -0.39 is 12.1 Å². The summed E-state index contributed by atoms with van der Waals surface area (Å²) >= 11 is 0. The Bertz CT molecular complexity index is 430. The van der Waals surface area contributed by atoms with Crippen molar-refractivity contribution in [2.75, 3.05) is 20.8 Å². The monoisotopic (exact) mass is 268 g/mol. The normalized spacial score (nSPS) is 13.5. The number of hydrogen-bond donors (Lipinski definition) is 1. The number of aliphatic hydroxyl groups excluding tert-OH is 1. The summed E-state index contributed by atoms with van der Waals surface area (Å²) in [6.45, 7) is 3.70. The number of carbonyl (C=O) groups excluding carboxylic acids is 1. The zero-order valence-electron chi connectivity index (χ0n) is 11.7. The summed E-state index contributed by atoms with van der Waals surface area (Å²) in [6.07, 6.45) is -1.20. The van der Waals surface area contributed by atoms with Gasteiger partial charge < -0.3 is 19.3 Å². The van der Waals surface area contributed by atoms with E-state index in [0.29, 0.717) is 11.5 Å². The summed E-state index contributed by atoms with van der Waals surface area (Å²) < 4.78 is 15.1. The largest absolute Gasteiger partial charge is 0.493 e. The Morgan fingerprint density at radius 3 is 2.42 bits per heavy atom. The Kier molecular flexibility index (Phi) is 5.63. The fraction of sp³-hybridized carbons (Fsp3) is 0.500. The molecular formula is C14H20O5. The maximum absolute atomic E-state index is 11.5. The third-order valence-corrected chi connectivity index (χ3v) is 2.94. The van der Waals surface area contributed by atoms with Crippen molar-refractivity contribution >= 4 is 5.97 Å². The highest BCUT2D eigenvalue weighted by atomic mass is 16.5. The van der Waals surface area contributed by atoms with Crippen LogP contribution in [-0.2, 0) is 9.53 Å². The van der Waals surface area contributed by atoms with Gasteiger partial charge in [0.15, 0.2) is 17.6 Å². The first-order chi connectivity index (χ1) is 9.04. The summed E-state index contributed by atoms with van der Waals surface area (Å²) in [4.78, 5) is 11.5. The molecule has 106 valence electrons. The van der Waals surface area contributed by atoms with Crippen LogP contribution in [0.1, 0.15) is 25.3 Å². The molecule has 0 heterocycles. The van der Waals surface area contributed by atoms with Crippen molar-refractivity contribution in [2.24, 2.45) is 0 Å². The van der Waals surface area contributed by atoms with Crippen molar-refractivity contribution in [2.45, 2.75) is 25.9 Å². The van der Waals surface area contributed by atoms with Gasteiger partial charge in [0.2, 0.25) is 0 Å². The van der Waals surface area contributed by atoms with Gasteiger partial charge in [-0.2, -0.15) is 0 Å². The zero-order valence-corrected chi connectivity index (χ0v) is 11.7. The van der Waals surface area contributed by atoms with Crippen LogP contribution in [0.3, 0.4) is 0 Å². The number of methoxy groups -OCH3 is 2. The molecule has 2 atom stereocenters. The Morgan fingerprint density at radius 1 is 1.26 bits per heavy atom. The molecule has 0 saturated carbocycles. The lowest BCUT2D eigenvalue weighted by atomic mass is 9.95. The molecule has 1 rings (SSSR count). The SMILES string of the molecule is CCOC(=O)C(O)C(C)c1ccc(OC)c(OC)c1. The predicted octanol–water partition coefficient (Wildman–Crippen LogP) is 1.73. The third-order valence-electron chi connectivity index (χ3n) is 2.94. The zero-order chi connectivity index (χ0) is 14.4. The van der Waals surface area contributed by atoms with Crippen LogP contribution < -0.4 is 9.47 Å². The molecule has 2 unspecified atom stereocenters. The molecule has 0 radical (unpaired) electrons. The molecule has 0 bridgehead atoms. The van der Waals surface area contributed by atoms with Gasteiger partial charge in [0.1, 0.15) is 0 Å². The summed E-state index contributed by atoms with van der Waals surface area (Å²) in [6, 6.07) is 5.27. The van der Waals surface area contributed by atoms with Crippen LogP contribution in [-0.4, -0.2) is 38.0 Å². The highest BCUT2D eigenvalue weighted by molar-refractivity contribution is 5.75. The summed E-state index contributed by atoms with van der Waals surface area (Å²) in [7, 11) is 3.09. The number of aliphatic hydroxyl groups is 1. The first kappa shape index (κ1) is 15.3. The fourth-order valence-corrected chi connectivity index (χ4v) is 1.75. The van der Waals surface area contributed by atoms with Crippen LogP contribution in [0.25, 0.3) is 0 Å². The fourth-order valence-electron chi connectivity index (χ4n) is 1.75. The van der Waals surface area contributed by atoms with E-state index in [2.05, 4.69) is 0 Å². The molecule has 0 aliphatic carbocycles. The van der Waals surface area contributed by atoms with Crippen LogP contribution in [0.15, 0.2) is 18.2 Å². The smallest absolute Gasteiger partial charge is 0.335 e. The van der Waals surface area contributed by atoms with Crippen molar-refractivity contribution in [3.05, 3.63) is 23.8 Å². The van der Waals surface area contributed by atoms with E-state index in [1.165, 1.54) is 7.11 Å². The summed E-state index contributed by atoms with van der Waals surface area (Å²) in [5.74, 6) is 0.149. The van der Waals surface area contributed by atoms with E-state index in [9.17, 15) is 9.90 Å². The molecule has 5 nitrogen and oxygen atoms in total. The second-order valence-electron chi connectivity index (χ2n) is 4.10. The lowest BCUT2D eigenvalue weighted by molar-refractivity contribution is -0.154. The van der Waals surface area contributed by atoms with Crippen molar-refractivity contribution in [3.63, 3.8) is 0 Å². The van der Waals surface area contributed by atoms with E-state index in [4.69, 9.17) is 14.2 Å². The topological polar surface area (TPSA) is 65.0 Å². The highest BCUT2D eigenvalue weighted by Crippen LogP contribution is 2.31. The van der Waals surface area contributed by atoms with Gasteiger partial charge in [-0.3, -0.25) is 0 Å². The maximum Gasteiger partial charge on any atom is 0.335 e. The number of ether oxygens (including phenoxy) is 3. The number of benzene rings is 1. The Labute approximate surface area is 113 Å². The molecule has 1 N–H and O–H groups in total. The van der Waals surface area contributed by atoms with Gasteiger partial charge in [0, 0.05) is 5.92 Å². The second kappa shape index (κ2) is 6.99. The van der Waals surface area contributed by atoms with E-state index in [1.807, 2.05) is 0 Å². The lowest BCUT2D eigenvalue weighted by Gasteiger charge is -2.19. The van der Waals surface area contributed by atoms with Crippen molar-refractivity contribution < 1.29 is 24.1 Å². The van der Waals surface area contributed by atoms with Gasteiger partial charge in [0.25, 0.3) is 0 Å². The van der Waals surface area contributed by atoms with Crippen LogP contribution in [0.4, 0.5) is 0 Å². The molecule has 0 saturated heterocycles. The molecule has 0 aliphatic rings. The quantitative estimate of drug-likeness (QED) is 0.796. The minimum Gasteiger partial charge on any atom is -0.493 e. The van der Waals surface area contributed by atoms with Gasteiger partial charge in [-0.1, -0.05) is 13.0 Å². The molecule has 5 heteroatoms. The van der Waals surface area contributed by atoms with Crippen molar-refractivity contribution in [1.82, 2.24) is 0 Å². The first-order valence-electron chi connectivity index (χ1n) is 6.11. The second-order valence-corrected chi connectivity index (χ2v) is 4.10. The molecule has 0 amide bonds. The Morgan fingerprint density at radius 2 is 1.89 bits per heavy atom. The number of carbonyl (C=O) groups is 1.